The summed E-state index contributed by atoms with van der Waals surface area (Å²) in [6.07, 6.45) is 2.28. The first-order chi connectivity index (χ1) is 15.5. The lowest BCUT2D eigenvalue weighted by atomic mass is 10.1. The number of aromatic nitrogens is 3. The number of benzene rings is 2. The van der Waals surface area contributed by atoms with Gasteiger partial charge in [-0.3, -0.25) is 14.7 Å². The average molecular weight is 492 g/mol. The monoisotopic (exact) mass is 491 g/mol. The van der Waals surface area contributed by atoms with Crippen LogP contribution in [0.4, 0.5) is 11.4 Å². The maximum Gasteiger partial charge on any atom is 0.291 e. The fraction of sp³-hybridized carbons (Fsp3) is 0.130. The Balaban J connectivity index is 1.28. The molecule has 2 aromatic heterocycles. The number of anilines is 2. The second-order valence-electron chi connectivity index (χ2n) is 7.49. The first-order valence-corrected chi connectivity index (χ1v) is 10.9. The summed E-state index contributed by atoms with van der Waals surface area (Å²) in [4.78, 5) is 29.6. The molecule has 0 radical (unpaired) electrons. The minimum absolute atomic E-state index is 0.167. The highest BCUT2D eigenvalue weighted by atomic mass is 79.9. The van der Waals surface area contributed by atoms with Gasteiger partial charge in [0.05, 0.1) is 0 Å². The van der Waals surface area contributed by atoms with Crippen LogP contribution in [-0.2, 0) is 0 Å². The van der Waals surface area contributed by atoms with E-state index in [1.54, 1.807) is 42.5 Å². The Hall–Kier alpha value is -3.72. The van der Waals surface area contributed by atoms with E-state index in [1.165, 1.54) is 0 Å². The molecular weight excluding hydrogens is 474 g/mol. The van der Waals surface area contributed by atoms with Gasteiger partial charge in [-0.1, -0.05) is 18.2 Å². The molecular formula is C23H18BrN5O3. The van der Waals surface area contributed by atoms with Crippen LogP contribution in [0.3, 0.4) is 0 Å². The van der Waals surface area contributed by atoms with Crippen LogP contribution in [-0.4, -0.2) is 27.0 Å². The third-order valence-electron chi connectivity index (χ3n) is 5.03. The first-order valence-electron chi connectivity index (χ1n) is 10.1. The van der Waals surface area contributed by atoms with Crippen molar-refractivity contribution in [3.05, 3.63) is 82.5 Å². The predicted molar refractivity (Wildman–Crippen MR) is 123 cm³/mol. The van der Waals surface area contributed by atoms with Gasteiger partial charge in [0.1, 0.15) is 5.82 Å². The van der Waals surface area contributed by atoms with Crippen molar-refractivity contribution < 1.29 is 14.0 Å². The van der Waals surface area contributed by atoms with E-state index in [0.717, 1.165) is 24.2 Å². The molecule has 0 spiro atoms. The summed E-state index contributed by atoms with van der Waals surface area (Å²) < 4.78 is 5.72. The Labute approximate surface area is 191 Å². The van der Waals surface area contributed by atoms with E-state index in [9.17, 15) is 9.59 Å². The van der Waals surface area contributed by atoms with E-state index in [1.807, 2.05) is 18.2 Å². The molecule has 2 amide bonds. The Morgan fingerprint density at radius 1 is 0.969 bits per heavy atom. The molecule has 4 aromatic rings. The Morgan fingerprint density at radius 2 is 1.72 bits per heavy atom. The molecule has 9 heteroatoms. The molecule has 5 rings (SSSR count). The van der Waals surface area contributed by atoms with Crippen molar-refractivity contribution in [2.24, 2.45) is 0 Å². The molecule has 1 saturated carbocycles. The zero-order chi connectivity index (χ0) is 22.1. The molecule has 0 aliphatic heterocycles. The summed E-state index contributed by atoms with van der Waals surface area (Å²) in [5.74, 6) is 1.47. The van der Waals surface area contributed by atoms with Gasteiger partial charge in [-0.15, -0.1) is 0 Å². The van der Waals surface area contributed by atoms with Crippen LogP contribution in [0.1, 0.15) is 45.5 Å². The van der Waals surface area contributed by atoms with Crippen LogP contribution in [0, 0.1) is 0 Å². The van der Waals surface area contributed by atoms with Crippen LogP contribution in [0.15, 0.2) is 69.8 Å². The van der Waals surface area contributed by atoms with Crippen LogP contribution in [0.5, 0.6) is 0 Å². The number of furan rings is 1. The number of amides is 2. The number of carbonyl (C=O) groups excluding carboxylic acids is 2. The Morgan fingerprint density at radius 3 is 2.47 bits per heavy atom. The third kappa shape index (κ3) is 4.47. The molecule has 160 valence electrons. The molecule has 0 unspecified atom stereocenters. The van der Waals surface area contributed by atoms with Crippen LogP contribution >= 0.6 is 15.9 Å². The van der Waals surface area contributed by atoms with E-state index in [4.69, 9.17) is 4.42 Å². The summed E-state index contributed by atoms with van der Waals surface area (Å²) in [6.45, 7) is 0. The fourth-order valence-electron chi connectivity index (χ4n) is 3.25. The molecule has 0 bridgehead atoms. The molecule has 32 heavy (non-hydrogen) atoms. The Kier molecular flexibility index (Phi) is 5.32. The van der Waals surface area contributed by atoms with Gasteiger partial charge in [-0.05, 0) is 71.2 Å². The average Bonchev–Trinajstić information content (AvgIpc) is 3.35. The van der Waals surface area contributed by atoms with Crippen molar-refractivity contribution in [3.63, 3.8) is 0 Å². The van der Waals surface area contributed by atoms with Crippen LogP contribution in [0.2, 0.25) is 0 Å². The van der Waals surface area contributed by atoms with E-state index >= 15 is 0 Å². The number of nitrogens with one attached hydrogen (secondary N) is 3. The largest absolute Gasteiger partial charge is 0.444 e. The van der Waals surface area contributed by atoms with Gasteiger partial charge in [0.25, 0.3) is 11.8 Å². The van der Waals surface area contributed by atoms with Crippen molar-refractivity contribution in [1.82, 2.24) is 15.2 Å². The highest BCUT2D eigenvalue weighted by molar-refractivity contribution is 9.10. The van der Waals surface area contributed by atoms with Gasteiger partial charge in [0.2, 0.25) is 0 Å². The number of halogens is 1. The van der Waals surface area contributed by atoms with Crippen LogP contribution in [0.25, 0.3) is 11.4 Å². The number of hydrogen-bond donors (Lipinski definition) is 3. The van der Waals surface area contributed by atoms with Gasteiger partial charge < -0.3 is 15.1 Å². The molecule has 1 fully saturated rings. The maximum absolute atomic E-state index is 12.8. The minimum atomic E-state index is -0.405. The lowest BCUT2D eigenvalue weighted by Gasteiger charge is -2.08. The third-order valence-corrected chi connectivity index (χ3v) is 5.45. The molecule has 3 N–H and O–H groups in total. The van der Waals surface area contributed by atoms with E-state index in [0.29, 0.717) is 33.4 Å². The molecule has 8 nitrogen and oxygen atoms in total. The lowest BCUT2D eigenvalue weighted by molar-refractivity contribution is 0.0992. The smallest absolute Gasteiger partial charge is 0.291 e. The standard InChI is InChI=1S/C23H18BrN5O3/c24-19-10-9-18(32-19)23(31)26-17-6-2-4-15(12-17)22(30)25-16-5-1-3-14(11-16)21-27-20(28-29-21)13-7-8-13/h1-6,9-13H,7-8H2,(H,25,30)(H,26,31)(H,27,28,29). The predicted octanol–water partition coefficient (Wildman–Crippen LogP) is 5.21. The summed E-state index contributed by atoms with van der Waals surface area (Å²) >= 11 is 3.17. The number of H-pyrrole nitrogens is 1. The Bertz CT molecular complexity index is 1310. The molecule has 2 aromatic carbocycles. The second kappa shape index (κ2) is 8.43. The normalized spacial score (nSPS) is 13.0. The topological polar surface area (TPSA) is 113 Å². The summed E-state index contributed by atoms with van der Waals surface area (Å²) in [5.41, 5.74) is 2.33. The van der Waals surface area contributed by atoms with Crippen LogP contribution < -0.4 is 10.6 Å². The van der Waals surface area contributed by atoms with Crippen molar-refractivity contribution >= 4 is 39.1 Å². The first kappa shape index (κ1) is 20.2. The summed E-state index contributed by atoms with van der Waals surface area (Å²) in [6, 6.07) is 17.3. The quantitative estimate of drug-likeness (QED) is 0.342. The zero-order valence-corrected chi connectivity index (χ0v) is 18.3. The second-order valence-corrected chi connectivity index (χ2v) is 8.27. The van der Waals surface area contributed by atoms with Gasteiger partial charge in [0, 0.05) is 28.4 Å². The van der Waals surface area contributed by atoms with Crippen molar-refractivity contribution in [2.75, 3.05) is 10.6 Å². The van der Waals surface area contributed by atoms with E-state index in [-0.39, 0.29) is 11.7 Å². The summed E-state index contributed by atoms with van der Waals surface area (Å²) in [7, 11) is 0. The van der Waals surface area contributed by atoms with Crippen molar-refractivity contribution in [1.29, 1.82) is 0 Å². The maximum atomic E-state index is 12.8. The number of rotatable bonds is 6. The number of carbonyl (C=O) groups is 2. The molecule has 1 aliphatic rings. The molecule has 0 atom stereocenters. The zero-order valence-electron chi connectivity index (χ0n) is 16.8. The molecule has 0 saturated heterocycles. The van der Waals surface area contributed by atoms with Gasteiger partial charge in [-0.25, -0.2) is 4.98 Å². The van der Waals surface area contributed by atoms with E-state index < -0.39 is 5.91 Å². The summed E-state index contributed by atoms with van der Waals surface area (Å²) in [5, 5.41) is 12.9. The minimum Gasteiger partial charge on any atom is -0.444 e. The highest BCUT2D eigenvalue weighted by Crippen LogP contribution is 2.38. The molecule has 1 aliphatic carbocycles. The van der Waals surface area contributed by atoms with Gasteiger partial charge in [-0.2, -0.15) is 5.10 Å². The van der Waals surface area contributed by atoms with Gasteiger partial charge >= 0.3 is 0 Å². The van der Waals surface area contributed by atoms with Gasteiger partial charge in [0.15, 0.2) is 16.3 Å². The number of hydrogen-bond acceptors (Lipinski definition) is 5. The number of nitrogens with zero attached hydrogens (tertiary/aromatic N) is 2. The van der Waals surface area contributed by atoms with Crippen molar-refractivity contribution in [2.45, 2.75) is 18.8 Å². The molecule has 2 heterocycles. The number of aromatic amines is 1. The SMILES string of the molecule is O=C(Nc1cccc(-c2n[nH]c(C3CC3)n2)c1)c1cccc(NC(=O)c2ccc(Br)o2)c1. The fourth-order valence-corrected chi connectivity index (χ4v) is 3.56. The van der Waals surface area contributed by atoms with E-state index in [2.05, 4.69) is 41.7 Å². The lowest BCUT2D eigenvalue weighted by Crippen LogP contribution is -2.14. The van der Waals surface area contributed by atoms with Crippen molar-refractivity contribution in [3.8, 4) is 11.4 Å². The highest BCUT2D eigenvalue weighted by Gasteiger charge is 2.27.